The quantitative estimate of drug-likeness (QED) is 0.859. The minimum atomic E-state index is 0.836. The summed E-state index contributed by atoms with van der Waals surface area (Å²) in [6.45, 7) is 2.05. The van der Waals surface area contributed by atoms with E-state index in [4.69, 9.17) is 4.74 Å². The van der Waals surface area contributed by atoms with Gasteiger partial charge in [0.05, 0.1) is 11.6 Å². The van der Waals surface area contributed by atoms with Crippen molar-refractivity contribution in [1.82, 2.24) is 4.98 Å². The maximum absolute atomic E-state index is 5.24. The summed E-state index contributed by atoms with van der Waals surface area (Å²) in [7, 11) is 3.65. The molecule has 0 radical (unpaired) electrons. The van der Waals surface area contributed by atoms with Gasteiger partial charge in [-0.2, -0.15) is 0 Å². The summed E-state index contributed by atoms with van der Waals surface area (Å²) in [5.41, 5.74) is 2.20. The van der Waals surface area contributed by atoms with Crippen molar-refractivity contribution in [3.63, 3.8) is 0 Å². The third-order valence-corrected chi connectivity index (χ3v) is 3.80. The molecule has 3 nitrogen and oxygen atoms in total. The van der Waals surface area contributed by atoms with E-state index in [9.17, 15) is 0 Å². The predicted octanol–water partition coefficient (Wildman–Crippen LogP) is 3.93. The Morgan fingerprint density at radius 3 is 2.78 bits per heavy atom. The molecule has 1 aromatic heterocycles. The minimum absolute atomic E-state index is 0.836. The number of nitrogens with zero attached hydrogens (tertiary/aromatic N) is 2. The van der Waals surface area contributed by atoms with Gasteiger partial charge < -0.3 is 9.64 Å². The van der Waals surface area contributed by atoms with Crippen molar-refractivity contribution in [2.75, 3.05) is 19.1 Å². The third-order valence-electron chi connectivity index (χ3n) is 2.82. The van der Waals surface area contributed by atoms with E-state index in [-0.39, 0.29) is 0 Å². The zero-order valence-electron chi connectivity index (χ0n) is 10.6. The maximum atomic E-state index is 5.24. The van der Waals surface area contributed by atoms with Gasteiger partial charge in [0.1, 0.15) is 11.6 Å². The number of hydrogen-bond donors (Lipinski definition) is 0. The number of pyridine rings is 1. The lowest BCUT2D eigenvalue weighted by molar-refractivity contribution is 0.415. The summed E-state index contributed by atoms with van der Waals surface area (Å²) in [5.74, 6) is 1.73. The number of hydrogen-bond acceptors (Lipinski definition) is 3. The molecule has 18 heavy (non-hydrogen) atoms. The SMILES string of the molecule is COc1cccc(N(C)c2nccc(C)c2Br)c1. The van der Waals surface area contributed by atoms with Crippen LogP contribution in [0.4, 0.5) is 11.5 Å². The van der Waals surface area contributed by atoms with Crippen LogP contribution in [0.15, 0.2) is 41.0 Å². The first kappa shape index (κ1) is 12.9. The van der Waals surface area contributed by atoms with Crippen LogP contribution in [0.2, 0.25) is 0 Å². The Labute approximate surface area is 116 Å². The fourth-order valence-corrected chi connectivity index (χ4v) is 2.20. The van der Waals surface area contributed by atoms with Gasteiger partial charge in [-0.3, -0.25) is 0 Å². The Morgan fingerprint density at radius 2 is 2.06 bits per heavy atom. The van der Waals surface area contributed by atoms with Gasteiger partial charge in [0.15, 0.2) is 0 Å². The van der Waals surface area contributed by atoms with Crippen molar-refractivity contribution in [1.29, 1.82) is 0 Å². The van der Waals surface area contributed by atoms with Crippen LogP contribution in [0.25, 0.3) is 0 Å². The summed E-state index contributed by atoms with van der Waals surface area (Å²) < 4.78 is 6.25. The number of aryl methyl sites for hydroxylation is 1. The van der Waals surface area contributed by atoms with E-state index in [1.807, 2.05) is 48.5 Å². The molecular formula is C14H15BrN2O. The van der Waals surface area contributed by atoms with Gasteiger partial charge >= 0.3 is 0 Å². The van der Waals surface area contributed by atoms with Crippen molar-refractivity contribution in [3.05, 3.63) is 46.6 Å². The molecule has 0 fully saturated rings. The van der Waals surface area contributed by atoms with Crippen molar-refractivity contribution in [2.45, 2.75) is 6.92 Å². The van der Waals surface area contributed by atoms with Crippen LogP contribution in [-0.4, -0.2) is 19.1 Å². The number of aromatic nitrogens is 1. The summed E-state index contributed by atoms with van der Waals surface area (Å²) in [4.78, 5) is 6.44. The Kier molecular flexibility index (Phi) is 3.87. The smallest absolute Gasteiger partial charge is 0.147 e. The highest BCUT2D eigenvalue weighted by Crippen LogP contribution is 2.32. The lowest BCUT2D eigenvalue weighted by Crippen LogP contribution is -2.12. The Balaban J connectivity index is 2.41. The largest absolute Gasteiger partial charge is 0.497 e. The number of anilines is 2. The molecule has 1 heterocycles. The molecule has 0 aliphatic rings. The molecule has 0 unspecified atom stereocenters. The molecule has 0 bridgehead atoms. The van der Waals surface area contributed by atoms with Crippen LogP contribution in [0.3, 0.4) is 0 Å². The van der Waals surface area contributed by atoms with E-state index >= 15 is 0 Å². The fraction of sp³-hybridized carbons (Fsp3) is 0.214. The van der Waals surface area contributed by atoms with Crippen LogP contribution >= 0.6 is 15.9 Å². The Bertz CT molecular complexity index is 557. The normalized spacial score (nSPS) is 10.2. The van der Waals surface area contributed by atoms with Gasteiger partial charge in [-0.1, -0.05) is 6.07 Å². The number of halogens is 1. The first-order chi connectivity index (χ1) is 8.63. The standard InChI is InChI=1S/C14H15BrN2O/c1-10-7-8-16-14(13(10)15)17(2)11-5-4-6-12(9-11)18-3/h4-9H,1-3H3. The number of benzene rings is 1. The molecule has 0 aliphatic heterocycles. The molecule has 0 N–H and O–H groups in total. The lowest BCUT2D eigenvalue weighted by Gasteiger charge is -2.20. The number of rotatable bonds is 3. The highest BCUT2D eigenvalue weighted by Gasteiger charge is 2.11. The highest BCUT2D eigenvalue weighted by atomic mass is 79.9. The second kappa shape index (κ2) is 5.40. The summed E-state index contributed by atoms with van der Waals surface area (Å²) in [5, 5.41) is 0. The minimum Gasteiger partial charge on any atom is -0.497 e. The topological polar surface area (TPSA) is 25.4 Å². The molecule has 2 aromatic rings. The van der Waals surface area contributed by atoms with Crippen molar-refractivity contribution < 1.29 is 4.74 Å². The lowest BCUT2D eigenvalue weighted by atomic mass is 10.2. The molecule has 0 saturated heterocycles. The molecule has 0 atom stereocenters. The van der Waals surface area contributed by atoms with Crippen LogP contribution in [0.5, 0.6) is 5.75 Å². The molecule has 0 saturated carbocycles. The second-order valence-electron chi connectivity index (χ2n) is 4.03. The zero-order chi connectivity index (χ0) is 13.1. The van der Waals surface area contributed by atoms with E-state index in [1.54, 1.807) is 7.11 Å². The van der Waals surface area contributed by atoms with Gasteiger partial charge in [-0.05, 0) is 46.6 Å². The summed E-state index contributed by atoms with van der Waals surface area (Å²) in [6.07, 6.45) is 1.81. The first-order valence-electron chi connectivity index (χ1n) is 5.62. The predicted molar refractivity (Wildman–Crippen MR) is 77.7 cm³/mol. The summed E-state index contributed by atoms with van der Waals surface area (Å²) in [6, 6.07) is 9.88. The van der Waals surface area contributed by atoms with E-state index < -0.39 is 0 Å². The average molecular weight is 307 g/mol. The molecule has 4 heteroatoms. The maximum Gasteiger partial charge on any atom is 0.147 e. The van der Waals surface area contributed by atoms with Crippen LogP contribution in [0, 0.1) is 6.92 Å². The summed E-state index contributed by atoms with van der Waals surface area (Å²) >= 11 is 3.58. The molecule has 94 valence electrons. The van der Waals surface area contributed by atoms with Crippen LogP contribution in [0.1, 0.15) is 5.56 Å². The molecule has 0 amide bonds. The van der Waals surface area contributed by atoms with E-state index in [0.717, 1.165) is 27.3 Å². The molecule has 1 aromatic carbocycles. The van der Waals surface area contributed by atoms with Gasteiger partial charge in [0.2, 0.25) is 0 Å². The molecule has 0 spiro atoms. The van der Waals surface area contributed by atoms with Crippen LogP contribution in [-0.2, 0) is 0 Å². The van der Waals surface area contributed by atoms with Crippen molar-refractivity contribution >= 4 is 27.4 Å². The Hall–Kier alpha value is -1.55. The van der Waals surface area contributed by atoms with E-state index in [2.05, 4.69) is 27.8 Å². The molecule has 2 rings (SSSR count). The number of ether oxygens (including phenoxy) is 1. The first-order valence-corrected chi connectivity index (χ1v) is 6.41. The number of methoxy groups -OCH3 is 1. The molecule has 0 aliphatic carbocycles. The van der Waals surface area contributed by atoms with Crippen LogP contribution < -0.4 is 9.64 Å². The van der Waals surface area contributed by atoms with Gasteiger partial charge in [-0.25, -0.2) is 4.98 Å². The van der Waals surface area contributed by atoms with Crippen molar-refractivity contribution in [2.24, 2.45) is 0 Å². The van der Waals surface area contributed by atoms with Gasteiger partial charge in [0.25, 0.3) is 0 Å². The average Bonchev–Trinajstić information content (AvgIpc) is 2.41. The second-order valence-corrected chi connectivity index (χ2v) is 4.82. The van der Waals surface area contributed by atoms with Gasteiger partial charge in [-0.15, -0.1) is 0 Å². The third kappa shape index (κ3) is 2.48. The molecular weight excluding hydrogens is 292 g/mol. The van der Waals surface area contributed by atoms with Gasteiger partial charge in [0, 0.05) is 25.0 Å². The van der Waals surface area contributed by atoms with Crippen molar-refractivity contribution in [3.8, 4) is 5.75 Å². The van der Waals surface area contributed by atoms with E-state index in [0.29, 0.717) is 0 Å². The Morgan fingerprint density at radius 1 is 1.28 bits per heavy atom. The highest BCUT2D eigenvalue weighted by molar-refractivity contribution is 9.10. The monoisotopic (exact) mass is 306 g/mol. The fourth-order valence-electron chi connectivity index (χ4n) is 1.70. The zero-order valence-corrected chi connectivity index (χ0v) is 12.2. The van der Waals surface area contributed by atoms with E-state index in [1.165, 1.54) is 0 Å².